The van der Waals surface area contributed by atoms with Crippen LogP contribution in [0.4, 0.5) is 0 Å². The van der Waals surface area contributed by atoms with E-state index >= 15 is 0 Å². The van der Waals surface area contributed by atoms with Crippen molar-refractivity contribution in [3.8, 4) is 0 Å². The summed E-state index contributed by atoms with van der Waals surface area (Å²) in [5, 5.41) is 4.08. The lowest BCUT2D eigenvalue weighted by atomic mass is 10.0. The van der Waals surface area contributed by atoms with Gasteiger partial charge in [-0.1, -0.05) is 24.6 Å². The fourth-order valence-electron chi connectivity index (χ4n) is 3.13. The normalized spacial score (nSPS) is 21.2. The molecule has 0 bridgehead atoms. The largest absolute Gasteiger partial charge is 0.451 e. The molecule has 0 saturated heterocycles. The summed E-state index contributed by atoms with van der Waals surface area (Å²) in [6, 6.07) is 7.91. The summed E-state index contributed by atoms with van der Waals surface area (Å²) in [4.78, 5) is 12.4. The topological polar surface area (TPSA) is 68.3 Å². The molecule has 0 spiro atoms. The minimum atomic E-state index is -0.121. The van der Waals surface area contributed by atoms with Gasteiger partial charge in [-0.3, -0.25) is 4.79 Å². The van der Waals surface area contributed by atoms with E-state index in [2.05, 4.69) is 5.32 Å². The second-order valence-electron chi connectivity index (χ2n) is 5.56. The fraction of sp³-hybridized carbons (Fsp3) is 0.438. The molecule has 4 nitrogen and oxygen atoms in total. The first-order chi connectivity index (χ1) is 9.70. The Labute approximate surface area is 130 Å². The lowest BCUT2D eigenvalue weighted by molar-refractivity contribution is 0.0902. The maximum atomic E-state index is 12.4. The van der Waals surface area contributed by atoms with Crippen molar-refractivity contribution < 1.29 is 9.21 Å². The van der Waals surface area contributed by atoms with Gasteiger partial charge in [0.1, 0.15) is 5.58 Å². The number of amides is 1. The molecule has 3 N–H and O–H groups in total. The third-order valence-corrected chi connectivity index (χ3v) is 4.33. The van der Waals surface area contributed by atoms with Crippen LogP contribution in [0.15, 0.2) is 28.7 Å². The van der Waals surface area contributed by atoms with Gasteiger partial charge in [0.2, 0.25) is 0 Å². The van der Waals surface area contributed by atoms with Crippen LogP contribution in [-0.2, 0) is 0 Å². The van der Waals surface area contributed by atoms with Crippen LogP contribution in [0.5, 0.6) is 0 Å². The molecule has 2 atom stereocenters. The van der Waals surface area contributed by atoms with Gasteiger partial charge in [-0.15, -0.1) is 12.4 Å². The zero-order valence-corrected chi connectivity index (χ0v) is 12.9. The van der Waals surface area contributed by atoms with Gasteiger partial charge in [0.15, 0.2) is 5.76 Å². The average molecular weight is 309 g/mol. The lowest BCUT2D eigenvalue weighted by Gasteiger charge is -2.18. The second-order valence-corrected chi connectivity index (χ2v) is 5.56. The summed E-state index contributed by atoms with van der Waals surface area (Å²) in [7, 11) is 0. The summed E-state index contributed by atoms with van der Waals surface area (Å²) < 4.78 is 5.70. The van der Waals surface area contributed by atoms with Gasteiger partial charge < -0.3 is 15.5 Å². The molecule has 1 aromatic heterocycles. The number of hydrogen-bond donors (Lipinski definition) is 2. The van der Waals surface area contributed by atoms with Crippen molar-refractivity contribution in [3.63, 3.8) is 0 Å². The molecule has 1 aromatic carbocycles. The Hall–Kier alpha value is -1.52. The number of fused-ring (bicyclic) bond motifs is 1. The molecule has 5 heteroatoms. The third-order valence-electron chi connectivity index (χ3n) is 4.33. The van der Waals surface area contributed by atoms with Gasteiger partial charge in [-0.25, -0.2) is 0 Å². The van der Waals surface area contributed by atoms with Gasteiger partial charge in [-0.05, 0) is 38.3 Å². The van der Waals surface area contributed by atoms with Crippen LogP contribution in [0, 0.1) is 12.8 Å². The summed E-state index contributed by atoms with van der Waals surface area (Å²) in [5.41, 5.74) is 7.42. The van der Waals surface area contributed by atoms with E-state index in [1.165, 1.54) is 0 Å². The number of benzene rings is 1. The zero-order valence-electron chi connectivity index (χ0n) is 12.1. The van der Waals surface area contributed by atoms with E-state index < -0.39 is 0 Å². The van der Waals surface area contributed by atoms with Crippen LogP contribution < -0.4 is 11.1 Å². The van der Waals surface area contributed by atoms with Crippen LogP contribution >= 0.6 is 12.4 Å². The van der Waals surface area contributed by atoms with Crippen molar-refractivity contribution >= 4 is 29.3 Å². The number of furan rings is 1. The van der Waals surface area contributed by atoms with Crippen LogP contribution in [0.2, 0.25) is 0 Å². The number of halogens is 1. The van der Waals surface area contributed by atoms with E-state index in [1.54, 1.807) is 0 Å². The van der Waals surface area contributed by atoms with Crippen molar-refractivity contribution in [2.24, 2.45) is 11.7 Å². The van der Waals surface area contributed by atoms with Crippen molar-refractivity contribution in [2.45, 2.75) is 32.2 Å². The number of carbonyl (C=O) groups is 1. The smallest absolute Gasteiger partial charge is 0.287 e. The lowest BCUT2D eigenvalue weighted by Crippen LogP contribution is -2.39. The van der Waals surface area contributed by atoms with Crippen molar-refractivity contribution in [3.05, 3.63) is 35.6 Å². The highest BCUT2D eigenvalue weighted by molar-refractivity contribution is 5.99. The molecular formula is C16H21ClN2O2. The molecular weight excluding hydrogens is 288 g/mol. The molecule has 2 aromatic rings. The van der Waals surface area contributed by atoms with Crippen LogP contribution in [0.3, 0.4) is 0 Å². The number of para-hydroxylation sites is 1. The number of aryl methyl sites for hydroxylation is 1. The number of nitrogens with two attached hydrogens (primary N) is 1. The van der Waals surface area contributed by atoms with Crippen molar-refractivity contribution in [2.75, 3.05) is 6.54 Å². The van der Waals surface area contributed by atoms with Gasteiger partial charge in [0.05, 0.1) is 0 Å². The second kappa shape index (κ2) is 6.50. The van der Waals surface area contributed by atoms with E-state index in [1.807, 2.05) is 31.2 Å². The molecule has 1 fully saturated rings. The average Bonchev–Trinajstić information content (AvgIpc) is 3.04. The Morgan fingerprint density at radius 2 is 2.14 bits per heavy atom. The Kier molecular flexibility index (Phi) is 4.91. The molecule has 114 valence electrons. The van der Waals surface area contributed by atoms with E-state index in [9.17, 15) is 4.79 Å². The zero-order chi connectivity index (χ0) is 14.1. The molecule has 0 aliphatic heterocycles. The molecule has 1 aliphatic rings. The van der Waals surface area contributed by atoms with Crippen molar-refractivity contribution in [1.29, 1.82) is 0 Å². The quantitative estimate of drug-likeness (QED) is 0.916. The van der Waals surface area contributed by atoms with Crippen LogP contribution in [-0.4, -0.2) is 18.5 Å². The van der Waals surface area contributed by atoms with Crippen LogP contribution in [0.25, 0.3) is 11.0 Å². The Morgan fingerprint density at radius 3 is 2.86 bits per heavy atom. The van der Waals surface area contributed by atoms with E-state index in [0.29, 0.717) is 18.2 Å². The molecule has 0 radical (unpaired) electrons. The molecule has 2 unspecified atom stereocenters. The predicted molar refractivity (Wildman–Crippen MR) is 85.8 cm³/mol. The van der Waals surface area contributed by atoms with E-state index in [0.717, 1.165) is 35.8 Å². The summed E-state index contributed by atoms with van der Waals surface area (Å²) >= 11 is 0. The number of hydrogen-bond acceptors (Lipinski definition) is 3. The maximum absolute atomic E-state index is 12.4. The molecule has 1 saturated carbocycles. The number of rotatable bonds is 3. The fourth-order valence-corrected chi connectivity index (χ4v) is 3.13. The number of carbonyl (C=O) groups excluding carboxylic acids is 1. The molecule has 3 rings (SSSR count). The van der Waals surface area contributed by atoms with Gasteiger partial charge in [0.25, 0.3) is 5.91 Å². The molecule has 1 amide bonds. The summed E-state index contributed by atoms with van der Waals surface area (Å²) in [5.74, 6) is 0.696. The first-order valence-electron chi connectivity index (χ1n) is 7.19. The Balaban J connectivity index is 0.00000161. The standard InChI is InChI=1S/C16H20N2O2.ClH/c1-10-12-6-2-3-8-14(12)20-15(10)16(19)18-13-7-4-5-11(13)9-17;/h2-3,6,8,11,13H,4-5,7,9,17H2,1H3,(H,18,19);1H. The molecule has 21 heavy (non-hydrogen) atoms. The van der Waals surface area contributed by atoms with E-state index in [-0.39, 0.29) is 24.4 Å². The Morgan fingerprint density at radius 1 is 1.38 bits per heavy atom. The monoisotopic (exact) mass is 308 g/mol. The SMILES string of the molecule is Cc1c(C(=O)NC2CCCC2CN)oc2ccccc12.Cl. The predicted octanol–water partition coefficient (Wildman–Crippen LogP) is 3.02. The first kappa shape index (κ1) is 15.9. The minimum absolute atomic E-state index is 0. The van der Waals surface area contributed by atoms with Gasteiger partial charge in [0, 0.05) is 17.0 Å². The Bertz CT molecular complexity index is 638. The van der Waals surface area contributed by atoms with Gasteiger partial charge in [-0.2, -0.15) is 0 Å². The van der Waals surface area contributed by atoms with Crippen LogP contribution in [0.1, 0.15) is 35.4 Å². The molecule has 1 aliphatic carbocycles. The minimum Gasteiger partial charge on any atom is -0.451 e. The highest BCUT2D eigenvalue weighted by atomic mass is 35.5. The summed E-state index contributed by atoms with van der Waals surface area (Å²) in [6.07, 6.45) is 3.24. The summed E-state index contributed by atoms with van der Waals surface area (Å²) in [6.45, 7) is 2.56. The highest BCUT2D eigenvalue weighted by Crippen LogP contribution is 2.27. The van der Waals surface area contributed by atoms with Crippen molar-refractivity contribution in [1.82, 2.24) is 5.32 Å². The van der Waals surface area contributed by atoms with E-state index in [4.69, 9.17) is 10.2 Å². The highest BCUT2D eigenvalue weighted by Gasteiger charge is 2.29. The first-order valence-corrected chi connectivity index (χ1v) is 7.19. The number of nitrogens with one attached hydrogen (secondary N) is 1. The maximum Gasteiger partial charge on any atom is 0.287 e. The third kappa shape index (κ3) is 2.92. The van der Waals surface area contributed by atoms with Gasteiger partial charge >= 0.3 is 0 Å². The molecule has 1 heterocycles.